The van der Waals surface area contributed by atoms with Gasteiger partial charge in [-0.3, -0.25) is 0 Å². The highest BCUT2D eigenvalue weighted by Crippen LogP contribution is 2.33. The molecule has 1 aromatic rings. The molecular formula is C17H25BrN2. The van der Waals surface area contributed by atoms with E-state index in [1.165, 1.54) is 42.1 Å². The van der Waals surface area contributed by atoms with Crippen LogP contribution in [0.25, 0.3) is 0 Å². The molecule has 0 aliphatic carbocycles. The highest BCUT2D eigenvalue weighted by Gasteiger charge is 2.36. The van der Waals surface area contributed by atoms with E-state index in [1.807, 2.05) is 0 Å². The van der Waals surface area contributed by atoms with E-state index in [0.29, 0.717) is 12.1 Å². The number of fused-ring (bicyclic) bond motifs is 2. The third kappa shape index (κ3) is 3.10. The molecule has 2 bridgehead atoms. The molecule has 110 valence electrons. The molecule has 2 aliphatic rings. The van der Waals surface area contributed by atoms with Crippen molar-refractivity contribution in [2.75, 3.05) is 7.05 Å². The van der Waals surface area contributed by atoms with E-state index in [9.17, 15) is 0 Å². The Labute approximate surface area is 131 Å². The molecule has 0 radical (unpaired) electrons. The van der Waals surface area contributed by atoms with Gasteiger partial charge in [-0.15, -0.1) is 0 Å². The van der Waals surface area contributed by atoms with E-state index in [4.69, 9.17) is 0 Å². The zero-order valence-electron chi connectivity index (χ0n) is 12.5. The van der Waals surface area contributed by atoms with Crippen molar-refractivity contribution in [2.45, 2.75) is 63.2 Å². The molecule has 0 amide bonds. The SMILES string of the molecule is CC(NC1CC2CCCC(C1)N2C)c1cccc(Br)c1. The van der Waals surface area contributed by atoms with Gasteiger partial charge in [-0.05, 0) is 57.4 Å². The van der Waals surface area contributed by atoms with Crippen molar-refractivity contribution in [2.24, 2.45) is 0 Å². The van der Waals surface area contributed by atoms with Crippen LogP contribution in [0.1, 0.15) is 50.6 Å². The van der Waals surface area contributed by atoms with Crippen LogP contribution in [0.3, 0.4) is 0 Å². The minimum atomic E-state index is 0.432. The minimum absolute atomic E-state index is 0.432. The first kappa shape index (κ1) is 14.6. The molecule has 2 saturated heterocycles. The summed E-state index contributed by atoms with van der Waals surface area (Å²) in [5, 5.41) is 3.86. The lowest BCUT2D eigenvalue weighted by Crippen LogP contribution is -2.54. The normalized spacial score (nSPS) is 32.0. The molecule has 2 nitrogen and oxygen atoms in total. The summed E-state index contributed by atoms with van der Waals surface area (Å²) < 4.78 is 1.17. The topological polar surface area (TPSA) is 15.3 Å². The molecule has 3 rings (SSSR count). The van der Waals surface area contributed by atoms with Gasteiger partial charge in [0.2, 0.25) is 0 Å². The lowest BCUT2D eigenvalue weighted by molar-refractivity contribution is 0.0463. The Bertz CT molecular complexity index is 448. The standard InChI is InChI=1S/C17H25BrN2/c1-12(13-5-3-6-14(18)9-13)19-15-10-16-7-4-8-17(11-15)20(16)2/h3,5-6,9,12,15-17,19H,4,7-8,10-11H2,1-2H3. The van der Waals surface area contributed by atoms with Crippen molar-refractivity contribution in [3.05, 3.63) is 34.3 Å². The summed E-state index contributed by atoms with van der Waals surface area (Å²) in [5.74, 6) is 0. The number of piperidine rings is 2. The Morgan fingerprint density at radius 1 is 1.25 bits per heavy atom. The van der Waals surface area contributed by atoms with E-state index >= 15 is 0 Å². The van der Waals surface area contributed by atoms with E-state index < -0.39 is 0 Å². The Morgan fingerprint density at radius 2 is 1.95 bits per heavy atom. The molecule has 0 spiro atoms. The number of hydrogen-bond donors (Lipinski definition) is 1. The fourth-order valence-corrected chi connectivity index (χ4v) is 4.39. The zero-order chi connectivity index (χ0) is 14.1. The molecule has 1 aromatic carbocycles. The van der Waals surface area contributed by atoms with Gasteiger partial charge in [-0.1, -0.05) is 34.5 Å². The fourth-order valence-electron chi connectivity index (χ4n) is 3.98. The Balaban J connectivity index is 1.63. The van der Waals surface area contributed by atoms with Crippen molar-refractivity contribution in [1.82, 2.24) is 10.2 Å². The van der Waals surface area contributed by atoms with Crippen molar-refractivity contribution in [3.63, 3.8) is 0 Å². The van der Waals surface area contributed by atoms with Gasteiger partial charge in [0, 0.05) is 28.6 Å². The first-order chi connectivity index (χ1) is 9.63. The summed E-state index contributed by atoms with van der Waals surface area (Å²) in [4.78, 5) is 2.63. The second-order valence-electron chi connectivity index (χ2n) is 6.52. The monoisotopic (exact) mass is 336 g/mol. The van der Waals surface area contributed by atoms with Gasteiger partial charge in [-0.25, -0.2) is 0 Å². The maximum absolute atomic E-state index is 3.86. The van der Waals surface area contributed by atoms with Gasteiger partial charge in [0.25, 0.3) is 0 Å². The number of halogens is 1. The average molecular weight is 337 g/mol. The molecule has 0 aromatic heterocycles. The zero-order valence-corrected chi connectivity index (χ0v) is 14.1. The van der Waals surface area contributed by atoms with Crippen LogP contribution in [-0.2, 0) is 0 Å². The van der Waals surface area contributed by atoms with Crippen LogP contribution in [0.2, 0.25) is 0 Å². The lowest BCUT2D eigenvalue weighted by Gasteiger charge is -2.47. The first-order valence-corrected chi connectivity index (χ1v) is 8.66. The van der Waals surface area contributed by atoms with E-state index in [-0.39, 0.29) is 0 Å². The molecule has 20 heavy (non-hydrogen) atoms. The number of rotatable bonds is 3. The van der Waals surface area contributed by atoms with Gasteiger partial charge < -0.3 is 10.2 Å². The molecular weight excluding hydrogens is 312 g/mol. The van der Waals surface area contributed by atoms with E-state index in [0.717, 1.165) is 12.1 Å². The molecule has 1 N–H and O–H groups in total. The van der Waals surface area contributed by atoms with Crippen LogP contribution >= 0.6 is 15.9 Å². The smallest absolute Gasteiger partial charge is 0.0294 e. The average Bonchev–Trinajstić information content (AvgIpc) is 2.40. The van der Waals surface area contributed by atoms with Gasteiger partial charge in [0.1, 0.15) is 0 Å². The van der Waals surface area contributed by atoms with Crippen LogP contribution in [-0.4, -0.2) is 30.1 Å². The summed E-state index contributed by atoms with van der Waals surface area (Å²) in [6.07, 6.45) is 6.82. The highest BCUT2D eigenvalue weighted by atomic mass is 79.9. The first-order valence-electron chi connectivity index (χ1n) is 7.87. The maximum Gasteiger partial charge on any atom is 0.0294 e. The number of nitrogens with zero attached hydrogens (tertiary/aromatic N) is 1. The molecule has 3 heteroatoms. The molecule has 3 unspecified atom stereocenters. The molecule has 2 aliphatic heterocycles. The molecule has 2 fully saturated rings. The summed E-state index contributed by atoms with van der Waals surface area (Å²) in [6, 6.07) is 11.4. The third-order valence-corrected chi connectivity index (χ3v) is 5.67. The van der Waals surface area contributed by atoms with E-state index in [1.54, 1.807) is 0 Å². The second kappa shape index (κ2) is 6.17. The third-order valence-electron chi connectivity index (χ3n) is 5.17. The van der Waals surface area contributed by atoms with Crippen molar-refractivity contribution in [3.8, 4) is 0 Å². The van der Waals surface area contributed by atoms with Gasteiger partial charge in [0.15, 0.2) is 0 Å². The maximum atomic E-state index is 3.86. The highest BCUT2D eigenvalue weighted by molar-refractivity contribution is 9.10. The fraction of sp³-hybridized carbons (Fsp3) is 0.647. The Kier molecular flexibility index (Phi) is 4.49. The minimum Gasteiger partial charge on any atom is -0.307 e. The van der Waals surface area contributed by atoms with Crippen LogP contribution in [0.5, 0.6) is 0 Å². The van der Waals surface area contributed by atoms with Crippen molar-refractivity contribution < 1.29 is 0 Å². The molecule has 0 saturated carbocycles. The molecule has 3 atom stereocenters. The van der Waals surface area contributed by atoms with Crippen LogP contribution < -0.4 is 5.32 Å². The Hall–Kier alpha value is -0.380. The Morgan fingerprint density at radius 3 is 2.60 bits per heavy atom. The van der Waals surface area contributed by atoms with Crippen molar-refractivity contribution >= 4 is 15.9 Å². The van der Waals surface area contributed by atoms with Gasteiger partial charge in [0.05, 0.1) is 0 Å². The number of hydrogen-bond acceptors (Lipinski definition) is 2. The van der Waals surface area contributed by atoms with E-state index in [2.05, 4.69) is 64.4 Å². The summed E-state index contributed by atoms with van der Waals surface area (Å²) >= 11 is 3.57. The quantitative estimate of drug-likeness (QED) is 0.893. The van der Waals surface area contributed by atoms with Gasteiger partial charge in [-0.2, -0.15) is 0 Å². The van der Waals surface area contributed by atoms with Crippen LogP contribution in [0, 0.1) is 0 Å². The lowest BCUT2D eigenvalue weighted by atomic mass is 9.82. The predicted octanol–water partition coefficient (Wildman–Crippen LogP) is 4.12. The summed E-state index contributed by atoms with van der Waals surface area (Å²) in [5.41, 5.74) is 1.38. The summed E-state index contributed by atoms with van der Waals surface area (Å²) in [6.45, 7) is 2.29. The largest absolute Gasteiger partial charge is 0.307 e. The predicted molar refractivity (Wildman–Crippen MR) is 87.9 cm³/mol. The number of benzene rings is 1. The number of nitrogens with one attached hydrogen (secondary N) is 1. The van der Waals surface area contributed by atoms with Crippen molar-refractivity contribution in [1.29, 1.82) is 0 Å². The van der Waals surface area contributed by atoms with Crippen LogP contribution in [0.4, 0.5) is 0 Å². The summed E-state index contributed by atoms with van der Waals surface area (Å²) in [7, 11) is 2.32. The van der Waals surface area contributed by atoms with Gasteiger partial charge >= 0.3 is 0 Å². The van der Waals surface area contributed by atoms with Crippen LogP contribution in [0.15, 0.2) is 28.7 Å². The second-order valence-corrected chi connectivity index (χ2v) is 7.43. The molecule has 2 heterocycles.